The Morgan fingerprint density at radius 2 is 0.800 bits per heavy atom. The first kappa shape index (κ1) is 63.5. The number of aliphatic hydroxyl groups is 2. The van der Waals surface area contributed by atoms with Crippen LogP contribution in [-0.2, 0) is 32.7 Å². The van der Waals surface area contributed by atoms with Gasteiger partial charge in [-0.2, -0.15) is 0 Å². The lowest BCUT2D eigenvalue weighted by Crippen LogP contribution is -2.29. The van der Waals surface area contributed by atoms with E-state index in [4.69, 9.17) is 23.6 Å². The van der Waals surface area contributed by atoms with Crippen LogP contribution in [0.4, 0.5) is 0 Å². The molecule has 10 nitrogen and oxygen atoms in total. The van der Waals surface area contributed by atoms with Gasteiger partial charge in [0, 0.05) is 12.8 Å². The van der Waals surface area contributed by atoms with Crippen molar-refractivity contribution in [3.05, 3.63) is 24.3 Å². The average Bonchev–Trinajstić information content (AvgIpc) is 3.30. The van der Waals surface area contributed by atoms with Gasteiger partial charge in [0.05, 0.1) is 19.8 Å². The predicted molar refractivity (Wildman–Crippen MR) is 270 cm³/mol. The van der Waals surface area contributed by atoms with Gasteiger partial charge in [0.25, 0.3) is 0 Å². The molecule has 0 fully saturated rings. The Kier molecular flexibility index (Phi) is 49.1. The van der Waals surface area contributed by atoms with Crippen LogP contribution in [0.1, 0.15) is 271 Å². The Balaban J connectivity index is 4.12. The molecule has 0 aromatic rings. The molecule has 3 N–H and O–H groups in total. The van der Waals surface area contributed by atoms with Gasteiger partial charge in [-0.1, -0.05) is 237 Å². The highest BCUT2D eigenvalue weighted by Gasteiger charge is 2.27. The second-order valence-electron chi connectivity index (χ2n) is 18.6. The zero-order valence-corrected chi connectivity index (χ0v) is 43.1. The van der Waals surface area contributed by atoms with Crippen LogP contribution in [-0.4, -0.2) is 65.7 Å². The maximum Gasteiger partial charge on any atom is 0.472 e. The highest BCUT2D eigenvalue weighted by Crippen LogP contribution is 2.43. The number of unbranched alkanes of at least 4 members (excludes halogenated alkanes) is 34. The highest BCUT2D eigenvalue weighted by atomic mass is 31.2. The van der Waals surface area contributed by atoms with E-state index < -0.39 is 51.8 Å². The van der Waals surface area contributed by atoms with E-state index in [0.29, 0.717) is 12.8 Å². The smallest absolute Gasteiger partial charge is 0.462 e. The molecule has 0 radical (unpaired) electrons. The van der Waals surface area contributed by atoms with Crippen LogP contribution in [0.15, 0.2) is 24.3 Å². The summed E-state index contributed by atoms with van der Waals surface area (Å²) in [5.74, 6) is -0.913. The minimum Gasteiger partial charge on any atom is -0.462 e. The van der Waals surface area contributed by atoms with Crippen LogP contribution < -0.4 is 0 Å². The molecule has 3 unspecified atom stereocenters. The van der Waals surface area contributed by atoms with Gasteiger partial charge >= 0.3 is 19.8 Å². The summed E-state index contributed by atoms with van der Waals surface area (Å²) in [4.78, 5) is 35.2. The summed E-state index contributed by atoms with van der Waals surface area (Å²) in [6, 6.07) is 0. The lowest BCUT2D eigenvalue weighted by atomic mass is 10.0. The van der Waals surface area contributed by atoms with Crippen LogP contribution in [0.25, 0.3) is 0 Å². The van der Waals surface area contributed by atoms with Crippen molar-refractivity contribution in [2.75, 3.05) is 26.4 Å². The van der Waals surface area contributed by atoms with Gasteiger partial charge in [0.2, 0.25) is 0 Å². The van der Waals surface area contributed by atoms with Crippen LogP contribution in [0, 0.1) is 0 Å². The largest absolute Gasteiger partial charge is 0.472 e. The molecule has 65 heavy (non-hydrogen) atoms. The first-order valence-corrected chi connectivity index (χ1v) is 28.8. The number of esters is 2. The molecule has 0 bridgehead atoms. The normalized spacial score (nSPS) is 13.7. The molecule has 0 spiro atoms. The summed E-state index contributed by atoms with van der Waals surface area (Å²) in [7, 11) is -4.62. The Morgan fingerprint density at radius 3 is 1.18 bits per heavy atom. The molecule has 3 atom stereocenters. The first-order valence-electron chi connectivity index (χ1n) is 27.3. The average molecular weight is 943 g/mol. The number of rotatable bonds is 52. The van der Waals surface area contributed by atoms with E-state index in [1.165, 1.54) is 180 Å². The van der Waals surface area contributed by atoms with Gasteiger partial charge in [-0.25, -0.2) is 4.57 Å². The van der Waals surface area contributed by atoms with E-state index in [2.05, 4.69) is 38.2 Å². The molecule has 384 valence electrons. The predicted octanol–water partition coefficient (Wildman–Crippen LogP) is 15.7. The Hall–Kier alpha value is -1.55. The Bertz CT molecular complexity index is 1130. The maximum absolute atomic E-state index is 12.7. The third-order valence-electron chi connectivity index (χ3n) is 12.1. The molecule has 0 rings (SSSR count). The topological polar surface area (TPSA) is 149 Å². The van der Waals surface area contributed by atoms with Crippen LogP contribution >= 0.6 is 7.82 Å². The summed E-state index contributed by atoms with van der Waals surface area (Å²) in [5, 5.41) is 18.4. The standard InChI is InChI=1S/C54H103O10P/c1-3-5-7-9-11-13-15-17-19-21-23-25-27-29-31-33-35-37-39-41-43-45-53(57)61-49-52(50-63-65(59,60)62-48-51(56)47-55)64-54(58)46-44-42-40-38-36-34-32-30-28-26-24-22-20-18-16-14-12-10-8-6-4-2/h16,18,22,24,51-52,55-56H,3-15,17,19-21,23,25-50H2,1-2H3,(H,59,60)/b18-16-,24-22-. The molecule has 0 aromatic heterocycles. The van der Waals surface area contributed by atoms with Crippen molar-refractivity contribution in [2.45, 2.75) is 283 Å². The summed E-state index contributed by atoms with van der Waals surface area (Å²) >= 11 is 0. The number of hydrogen-bond donors (Lipinski definition) is 3. The molecule has 0 aromatic carbocycles. The van der Waals surface area contributed by atoms with E-state index in [1.807, 2.05) is 0 Å². The Morgan fingerprint density at radius 1 is 0.462 bits per heavy atom. The number of phosphoric ester groups is 1. The summed E-state index contributed by atoms with van der Waals surface area (Å²) < 4.78 is 32.9. The molecular weight excluding hydrogens is 840 g/mol. The number of ether oxygens (including phenoxy) is 2. The minimum absolute atomic E-state index is 0.183. The summed E-state index contributed by atoms with van der Waals surface area (Å²) in [5.41, 5.74) is 0. The fraction of sp³-hybridized carbons (Fsp3) is 0.889. The quantitative estimate of drug-likeness (QED) is 0.0233. The highest BCUT2D eigenvalue weighted by molar-refractivity contribution is 7.47. The zero-order chi connectivity index (χ0) is 47.6. The third kappa shape index (κ3) is 50.2. The van der Waals surface area contributed by atoms with Crippen molar-refractivity contribution in [2.24, 2.45) is 0 Å². The molecule has 0 aliphatic rings. The first-order chi connectivity index (χ1) is 31.7. The molecule has 0 heterocycles. The Labute approximate surface area is 399 Å². The number of allylic oxidation sites excluding steroid dienone is 4. The second kappa shape index (κ2) is 50.3. The lowest BCUT2D eigenvalue weighted by molar-refractivity contribution is -0.161. The number of phosphoric acid groups is 1. The number of hydrogen-bond acceptors (Lipinski definition) is 9. The molecule has 11 heteroatoms. The molecule has 0 saturated heterocycles. The van der Waals surface area contributed by atoms with E-state index in [1.54, 1.807) is 0 Å². The van der Waals surface area contributed by atoms with Gasteiger partial charge < -0.3 is 24.6 Å². The third-order valence-corrected chi connectivity index (χ3v) is 13.1. The molecule has 0 aliphatic heterocycles. The fourth-order valence-corrected chi connectivity index (χ4v) is 8.70. The van der Waals surface area contributed by atoms with E-state index in [-0.39, 0.29) is 19.4 Å². The molecule has 0 amide bonds. The maximum atomic E-state index is 12.7. The van der Waals surface area contributed by atoms with Crippen molar-refractivity contribution in [1.29, 1.82) is 0 Å². The number of aliphatic hydroxyl groups excluding tert-OH is 2. The fourth-order valence-electron chi connectivity index (χ4n) is 7.91. The summed E-state index contributed by atoms with van der Waals surface area (Å²) in [6.07, 6.45) is 54.3. The second-order valence-corrected chi connectivity index (χ2v) is 20.1. The van der Waals surface area contributed by atoms with Crippen molar-refractivity contribution in [1.82, 2.24) is 0 Å². The van der Waals surface area contributed by atoms with E-state index in [0.717, 1.165) is 51.4 Å². The van der Waals surface area contributed by atoms with Crippen molar-refractivity contribution in [3.8, 4) is 0 Å². The van der Waals surface area contributed by atoms with Gasteiger partial charge in [0.1, 0.15) is 12.7 Å². The van der Waals surface area contributed by atoms with E-state index >= 15 is 0 Å². The van der Waals surface area contributed by atoms with Gasteiger partial charge in [-0.05, 0) is 44.9 Å². The summed E-state index contributed by atoms with van der Waals surface area (Å²) in [6.45, 7) is 2.43. The van der Waals surface area contributed by atoms with Gasteiger partial charge in [-0.15, -0.1) is 0 Å². The monoisotopic (exact) mass is 943 g/mol. The lowest BCUT2D eigenvalue weighted by Gasteiger charge is -2.20. The minimum atomic E-state index is -4.62. The van der Waals surface area contributed by atoms with Gasteiger partial charge in [0.15, 0.2) is 6.10 Å². The van der Waals surface area contributed by atoms with Gasteiger partial charge in [-0.3, -0.25) is 18.6 Å². The van der Waals surface area contributed by atoms with Crippen LogP contribution in [0.5, 0.6) is 0 Å². The van der Waals surface area contributed by atoms with Crippen molar-refractivity contribution >= 4 is 19.8 Å². The number of carbonyl (C=O) groups excluding carboxylic acids is 2. The zero-order valence-electron chi connectivity index (χ0n) is 42.2. The molecule has 0 saturated carbocycles. The van der Waals surface area contributed by atoms with Crippen LogP contribution in [0.2, 0.25) is 0 Å². The number of carbonyl (C=O) groups is 2. The SMILES string of the molecule is CCCCCCC/C=C\C/C=C\CCCCCCCCCCCC(=O)OC(COC(=O)CCCCCCCCCCCCCCCCCCCCCCC)COP(=O)(O)OCC(O)CO. The molecule has 0 aliphatic carbocycles. The van der Waals surface area contributed by atoms with Crippen molar-refractivity contribution in [3.63, 3.8) is 0 Å². The van der Waals surface area contributed by atoms with E-state index in [9.17, 15) is 24.2 Å². The van der Waals surface area contributed by atoms with Crippen molar-refractivity contribution < 1.29 is 47.8 Å². The molecular formula is C54H103O10P. The van der Waals surface area contributed by atoms with Crippen LogP contribution in [0.3, 0.4) is 0 Å².